The predicted octanol–water partition coefficient (Wildman–Crippen LogP) is 3.10. The fourth-order valence-corrected chi connectivity index (χ4v) is 2.55. The van der Waals surface area contributed by atoms with Crippen molar-refractivity contribution in [1.82, 2.24) is 0 Å². The highest BCUT2D eigenvalue weighted by Crippen LogP contribution is 2.29. The van der Waals surface area contributed by atoms with E-state index in [4.69, 9.17) is 14.2 Å². The van der Waals surface area contributed by atoms with Gasteiger partial charge in [-0.25, -0.2) is 4.79 Å². The minimum atomic E-state index is -0.539. The standard InChI is InChI=1S/C17H16INO5/c1-22-14-8-7-11(9-15(14)23-2)19-16(20)10-24-17(21)12-5-3-4-6-13(12)18/h3-9H,10H2,1-2H3,(H,19,20). The van der Waals surface area contributed by atoms with Gasteiger partial charge in [0.2, 0.25) is 0 Å². The highest BCUT2D eigenvalue weighted by Gasteiger charge is 2.13. The molecule has 0 heterocycles. The molecule has 1 amide bonds. The first-order chi connectivity index (χ1) is 11.5. The quantitative estimate of drug-likeness (QED) is 0.551. The fraction of sp³-hybridized carbons (Fsp3) is 0.176. The third-order valence-electron chi connectivity index (χ3n) is 3.10. The van der Waals surface area contributed by atoms with Crippen molar-refractivity contribution >= 4 is 40.2 Å². The molecule has 24 heavy (non-hydrogen) atoms. The Balaban J connectivity index is 1.94. The number of ether oxygens (including phenoxy) is 3. The Labute approximate surface area is 153 Å². The predicted molar refractivity (Wildman–Crippen MR) is 97.6 cm³/mol. The van der Waals surface area contributed by atoms with Crippen LogP contribution >= 0.6 is 22.6 Å². The Hall–Kier alpha value is -2.29. The van der Waals surface area contributed by atoms with Gasteiger partial charge in [-0.2, -0.15) is 0 Å². The number of benzene rings is 2. The molecule has 7 heteroatoms. The van der Waals surface area contributed by atoms with Gasteiger partial charge in [0.15, 0.2) is 18.1 Å². The first-order valence-electron chi connectivity index (χ1n) is 6.98. The number of amides is 1. The first kappa shape index (κ1) is 18.1. The molecule has 2 aromatic carbocycles. The maximum Gasteiger partial charge on any atom is 0.339 e. The van der Waals surface area contributed by atoms with Crippen LogP contribution in [-0.2, 0) is 9.53 Å². The highest BCUT2D eigenvalue weighted by atomic mass is 127. The van der Waals surface area contributed by atoms with Gasteiger partial charge in [0.05, 0.1) is 19.8 Å². The largest absolute Gasteiger partial charge is 0.493 e. The molecule has 0 saturated carbocycles. The third-order valence-corrected chi connectivity index (χ3v) is 4.04. The smallest absolute Gasteiger partial charge is 0.339 e. The van der Waals surface area contributed by atoms with Gasteiger partial charge >= 0.3 is 5.97 Å². The van der Waals surface area contributed by atoms with Crippen LogP contribution in [-0.4, -0.2) is 32.7 Å². The van der Waals surface area contributed by atoms with Crippen LogP contribution in [0.15, 0.2) is 42.5 Å². The molecule has 0 aromatic heterocycles. The molecule has 0 fully saturated rings. The Kier molecular flexibility index (Phi) is 6.42. The van der Waals surface area contributed by atoms with Gasteiger partial charge in [-0.1, -0.05) is 12.1 Å². The summed E-state index contributed by atoms with van der Waals surface area (Å²) in [4.78, 5) is 23.9. The summed E-state index contributed by atoms with van der Waals surface area (Å²) in [6.07, 6.45) is 0. The number of rotatable bonds is 6. The molecule has 0 spiro atoms. The van der Waals surface area contributed by atoms with Gasteiger partial charge in [0, 0.05) is 15.3 Å². The van der Waals surface area contributed by atoms with Crippen molar-refractivity contribution in [1.29, 1.82) is 0 Å². The Bertz CT molecular complexity index is 748. The lowest BCUT2D eigenvalue weighted by Gasteiger charge is -2.11. The SMILES string of the molecule is COc1ccc(NC(=O)COC(=O)c2ccccc2I)cc1OC. The topological polar surface area (TPSA) is 73.9 Å². The molecule has 0 saturated heterocycles. The lowest BCUT2D eigenvalue weighted by molar-refractivity contribution is -0.119. The summed E-state index contributed by atoms with van der Waals surface area (Å²) in [5.74, 6) is 0.0654. The van der Waals surface area contributed by atoms with Gasteiger partial charge in [0.25, 0.3) is 5.91 Å². The van der Waals surface area contributed by atoms with Gasteiger partial charge in [-0.15, -0.1) is 0 Å². The van der Waals surface area contributed by atoms with E-state index in [0.29, 0.717) is 22.7 Å². The second kappa shape index (κ2) is 8.53. The van der Waals surface area contributed by atoms with Crippen LogP contribution in [0.5, 0.6) is 11.5 Å². The molecule has 2 rings (SSSR count). The van der Waals surface area contributed by atoms with Gasteiger partial charge < -0.3 is 19.5 Å². The number of carbonyl (C=O) groups is 2. The molecule has 0 radical (unpaired) electrons. The lowest BCUT2D eigenvalue weighted by Crippen LogP contribution is -2.21. The Morgan fingerprint density at radius 1 is 1.04 bits per heavy atom. The first-order valence-corrected chi connectivity index (χ1v) is 8.06. The average Bonchev–Trinajstić information content (AvgIpc) is 2.60. The van der Waals surface area contributed by atoms with Crippen LogP contribution in [0.4, 0.5) is 5.69 Å². The summed E-state index contributed by atoms with van der Waals surface area (Å²) < 4.78 is 16.1. The maximum absolute atomic E-state index is 12.0. The molecule has 0 aliphatic rings. The van der Waals surface area contributed by atoms with Crippen LogP contribution in [0.3, 0.4) is 0 Å². The molecule has 2 aromatic rings. The number of methoxy groups -OCH3 is 2. The molecule has 0 atom stereocenters. The van der Waals surface area contributed by atoms with Crippen molar-refractivity contribution in [2.75, 3.05) is 26.1 Å². The maximum atomic E-state index is 12.0. The fourth-order valence-electron chi connectivity index (χ4n) is 1.95. The normalized spacial score (nSPS) is 9.96. The van der Waals surface area contributed by atoms with E-state index in [0.717, 1.165) is 3.57 Å². The van der Waals surface area contributed by atoms with E-state index in [-0.39, 0.29) is 6.61 Å². The number of nitrogens with one attached hydrogen (secondary N) is 1. The minimum absolute atomic E-state index is 0.377. The third kappa shape index (κ3) is 4.60. The second-order valence-electron chi connectivity index (χ2n) is 4.67. The number of esters is 1. The summed E-state index contributed by atoms with van der Waals surface area (Å²) in [7, 11) is 3.03. The van der Waals surface area contributed by atoms with Crippen LogP contribution < -0.4 is 14.8 Å². The molecule has 0 aliphatic carbocycles. The number of hydrogen-bond donors (Lipinski definition) is 1. The number of anilines is 1. The van der Waals surface area contributed by atoms with Gasteiger partial charge in [-0.05, 0) is 46.9 Å². The van der Waals surface area contributed by atoms with Gasteiger partial charge in [-0.3, -0.25) is 4.79 Å². The van der Waals surface area contributed by atoms with Crippen molar-refractivity contribution in [2.24, 2.45) is 0 Å². The monoisotopic (exact) mass is 441 g/mol. The summed E-state index contributed by atoms with van der Waals surface area (Å²) in [6, 6.07) is 12.0. The average molecular weight is 441 g/mol. The van der Waals surface area contributed by atoms with Crippen LogP contribution in [0, 0.1) is 3.57 Å². The molecule has 0 aliphatic heterocycles. The minimum Gasteiger partial charge on any atom is -0.493 e. The van der Waals surface area contributed by atoms with Crippen LogP contribution in [0.2, 0.25) is 0 Å². The van der Waals surface area contributed by atoms with E-state index in [1.165, 1.54) is 14.2 Å². The molecule has 0 bridgehead atoms. The van der Waals surface area contributed by atoms with E-state index in [2.05, 4.69) is 5.32 Å². The van der Waals surface area contributed by atoms with E-state index in [1.54, 1.807) is 36.4 Å². The van der Waals surface area contributed by atoms with Crippen molar-refractivity contribution < 1.29 is 23.8 Å². The molecule has 0 unspecified atom stereocenters. The molecule has 1 N–H and O–H groups in total. The van der Waals surface area contributed by atoms with E-state index < -0.39 is 11.9 Å². The summed E-state index contributed by atoms with van der Waals surface area (Å²) in [5.41, 5.74) is 0.944. The second-order valence-corrected chi connectivity index (χ2v) is 5.84. The molecule has 6 nitrogen and oxygen atoms in total. The summed E-state index contributed by atoms with van der Waals surface area (Å²) in [6.45, 7) is -0.377. The van der Waals surface area contributed by atoms with E-state index in [9.17, 15) is 9.59 Å². The zero-order chi connectivity index (χ0) is 17.5. The van der Waals surface area contributed by atoms with Crippen LogP contribution in [0.25, 0.3) is 0 Å². The van der Waals surface area contributed by atoms with Gasteiger partial charge in [0.1, 0.15) is 0 Å². The lowest BCUT2D eigenvalue weighted by atomic mass is 10.2. The summed E-state index contributed by atoms with van der Waals surface area (Å²) in [5, 5.41) is 2.64. The number of hydrogen-bond acceptors (Lipinski definition) is 5. The Morgan fingerprint density at radius 2 is 1.75 bits per heavy atom. The number of carbonyl (C=O) groups excluding carboxylic acids is 2. The molecule has 126 valence electrons. The van der Waals surface area contributed by atoms with E-state index >= 15 is 0 Å². The summed E-state index contributed by atoms with van der Waals surface area (Å²) >= 11 is 2.04. The van der Waals surface area contributed by atoms with E-state index in [1.807, 2.05) is 28.7 Å². The number of halogens is 1. The van der Waals surface area contributed by atoms with Crippen molar-refractivity contribution in [3.63, 3.8) is 0 Å². The Morgan fingerprint density at radius 3 is 2.42 bits per heavy atom. The zero-order valence-electron chi connectivity index (χ0n) is 13.2. The molecular weight excluding hydrogens is 425 g/mol. The van der Waals surface area contributed by atoms with Crippen LogP contribution in [0.1, 0.15) is 10.4 Å². The molecular formula is C17H16INO5. The zero-order valence-corrected chi connectivity index (χ0v) is 15.3. The van der Waals surface area contributed by atoms with Crippen molar-refractivity contribution in [3.05, 3.63) is 51.6 Å². The van der Waals surface area contributed by atoms with Crippen molar-refractivity contribution in [2.45, 2.75) is 0 Å². The van der Waals surface area contributed by atoms with Crippen molar-refractivity contribution in [3.8, 4) is 11.5 Å². The highest BCUT2D eigenvalue weighted by molar-refractivity contribution is 14.1.